The normalized spacial score (nSPS) is 21.0. The lowest BCUT2D eigenvalue weighted by atomic mass is 9.77. The van der Waals surface area contributed by atoms with E-state index in [4.69, 9.17) is 9.73 Å². The second-order valence-corrected chi connectivity index (χ2v) is 9.75. The molecule has 33 heavy (non-hydrogen) atoms. The van der Waals surface area contributed by atoms with Gasteiger partial charge in [0.15, 0.2) is 0 Å². The van der Waals surface area contributed by atoms with E-state index >= 15 is 0 Å². The number of anilines is 1. The van der Waals surface area contributed by atoms with Gasteiger partial charge in [-0.1, -0.05) is 85.8 Å². The minimum absolute atomic E-state index is 0.285. The van der Waals surface area contributed by atoms with E-state index in [-0.39, 0.29) is 5.41 Å². The van der Waals surface area contributed by atoms with Crippen molar-refractivity contribution in [2.24, 2.45) is 4.99 Å². The van der Waals surface area contributed by atoms with Crippen LogP contribution in [0.3, 0.4) is 0 Å². The van der Waals surface area contributed by atoms with E-state index < -0.39 is 5.72 Å². The second-order valence-electron chi connectivity index (χ2n) is 9.75. The quantitative estimate of drug-likeness (QED) is 0.341. The first-order valence-electron chi connectivity index (χ1n) is 11.7. The molecule has 2 atom stereocenters. The number of fused-ring (bicyclic) bond motifs is 4. The Balaban J connectivity index is 1.49. The van der Waals surface area contributed by atoms with Crippen LogP contribution >= 0.6 is 0 Å². The minimum atomic E-state index is -0.699. The smallest absolute Gasteiger partial charge is 0.228 e. The highest BCUT2D eigenvalue weighted by atomic mass is 16.5. The number of hydrogen-bond donors (Lipinski definition) is 0. The molecule has 0 amide bonds. The van der Waals surface area contributed by atoms with Gasteiger partial charge in [0.05, 0.1) is 11.6 Å². The molecule has 2 aliphatic rings. The molecule has 0 aliphatic carbocycles. The summed E-state index contributed by atoms with van der Waals surface area (Å²) >= 11 is 0. The first kappa shape index (κ1) is 20.0. The molecule has 2 aliphatic heterocycles. The molecule has 3 heteroatoms. The summed E-state index contributed by atoms with van der Waals surface area (Å²) in [6.07, 6.45) is 2.06. The maximum absolute atomic E-state index is 7.01. The van der Waals surface area contributed by atoms with Gasteiger partial charge >= 0.3 is 0 Å². The van der Waals surface area contributed by atoms with E-state index in [1.807, 2.05) is 0 Å². The van der Waals surface area contributed by atoms with E-state index in [1.54, 1.807) is 0 Å². The van der Waals surface area contributed by atoms with Crippen LogP contribution in [-0.2, 0) is 5.41 Å². The van der Waals surface area contributed by atoms with E-state index in [2.05, 4.69) is 123 Å². The van der Waals surface area contributed by atoms with Gasteiger partial charge in [-0.15, -0.1) is 0 Å². The van der Waals surface area contributed by atoms with E-state index in [1.165, 1.54) is 22.2 Å². The summed E-state index contributed by atoms with van der Waals surface area (Å²) < 4.78 is 7.01. The van der Waals surface area contributed by atoms with Crippen molar-refractivity contribution in [3.8, 4) is 5.75 Å². The van der Waals surface area contributed by atoms with Crippen molar-refractivity contribution < 1.29 is 4.74 Å². The van der Waals surface area contributed by atoms with Crippen LogP contribution in [0.2, 0.25) is 0 Å². The number of para-hydroxylation sites is 1. The van der Waals surface area contributed by atoms with Crippen molar-refractivity contribution >= 4 is 28.4 Å². The number of hydrogen-bond acceptors (Lipinski definition) is 3. The monoisotopic (exact) mass is 432 g/mol. The first-order valence-corrected chi connectivity index (χ1v) is 11.7. The fraction of sp³-hybridized carbons (Fsp3) is 0.233. The third-order valence-corrected chi connectivity index (χ3v) is 7.49. The molecule has 0 fully saturated rings. The third-order valence-electron chi connectivity index (χ3n) is 7.49. The first-order chi connectivity index (χ1) is 16.0. The molecule has 0 aromatic heterocycles. The van der Waals surface area contributed by atoms with Crippen LogP contribution < -0.4 is 9.64 Å². The molecule has 0 N–H and O–H groups in total. The van der Waals surface area contributed by atoms with Crippen molar-refractivity contribution in [1.82, 2.24) is 0 Å². The van der Waals surface area contributed by atoms with Gasteiger partial charge in [-0.25, -0.2) is 0 Å². The maximum atomic E-state index is 7.01. The van der Waals surface area contributed by atoms with Crippen LogP contribution in [0.5, 0.6) is 5.75 Å². The molecule has 0 radical (unpaired) electrons. The Morgan fingerprint density at radius 2 is 1.58 bits per heavy atom. The van der Waals surface area contributed by atoms with Crippen molar-refractivity contribution in [1.29, 1.82) is 0 Å². The molecule has 3 nitrogen and oxygen atoms in total. The van der Waals surface area contributed by atoms with Gasteiger partial charge < -0.3 is 9.64 Å². The summed E-state index contributed by atoms with van der Waals surface area (Å²) in [5, 5.41) is 2.30. The molecule has 0 saturated carbocycles. The van der Waals surface area contributed by atoms with Crippen molar-refractivity contribution in [2.75, 3.05) is 11.4 Å². The van der Waals surface area contributed by atoms with Crippen LogP contribution in [0, 0.1) is 0 Å². The fourth-order valence-electron chi connectivity index (χ4n) is 5.55. The Bertz CT molecular complexity index is 1370. The molecular formula is C30H28N2O. The standard InChI is InChI=1S/C30H28N2O/c1-21(22-11-5-4-6-12-22)19-32-26-16-10-9-15-25(26)29(2,3)30(32)20-31-28-24-14-8-7-13-23(24)17-18-27(28)33-30/h4-18,20-21H,19H2,1-3H3. The van der Waals surface area contributed by atoms with Crippen LogP contribution in [0.15, 0.2) is 96.0 Å². The predicted octanol–water partition coefficient (Wildman–Crippen LogP) is 7.23. The highest BCUT2D eigenvalue weighted by Gasteiger charge is 2.59. The molecule has 4 aromatic carbocycles. The Labute approximate surface area is 195 Å². The van der Waals surface area contributed by atoms with Gasteiger partial charge in [-0.3, -0.25) is 4.99 Å². The van der Waals surface area contributed by atoms with Gasteiger partial charge in [-0.2, -0.15) is 0 Å². The average molecular weight is 433 g/mol. The Kier molecular flexibility index (Phi) is 4.38. The van der Waals surface area contributed by atoms with Crippen LogP contribution in [-0.4, -0.2) is 18.5 Å². The minimum Gasteiger partial charge on any atom is -0.459 e. The lowest BCUT2D eigenvalue weighted by Crippen LogP contribution is -2.62. The summed E-state index contributed by atoms with van der Waals surface area (Å²) in [5.41, 5.74) is 3.78. The zero-order valence-electron chi connectivity index (χ0n) is 19.3. The van der Waals surface area contributed by atoms with E-state index in [0.717, 1.165) is 23.4 Å². The number of nitrogens with zero attached hydrogens (tertiary/aromatic N) is 2. The Morgan fingerprint density at radius 1 is 0.848 bits per heavy atom. The van der Waals surface area contributed by atoms with Crippen LogP contribution in [0.25, 0.3) is 10.8 Å². The lowest BCUT2D eigenvalue weighted by Gasteiger charge is -2.47. The molecule has 2 unspecified atom stereocenters. The average Bonchev–Trinajstić information content (AvgIpc) is 3.03. The topological polar surface area (TPSA) is 24.8 Å². The third kappa shape index (κ3) is 2.85. The zero-order valence-corrected chi connectivity index (χ0v) is 19.3. The molecule has 2 heterocycles. The number of ether oxygens (including phenoxy) is 1. The van der Waals surface area contributed by atoms with Crippen LogP contribution in [0.1, 0.15) is 37.8 Å². The number of aliphatic imine (C=N–C) groups is 1. The molecule has 0 bridgehead atoms. The summed E-state index contributed by atoms with van der Waals surface area (Å²) in [7, 11) is 0. The molecule has 164 valence electrons. The predicted molar refractivity (Wildman–Crippen MR) is 137 cm³/mol. The zero-order chi connectivity index (χ0) is 22.6. The van der Waals surface area contributed by atoms with Gasteiger partial charge in [0.2, 0.25) is 5.72 Å². The highest BCUT2D eigenvalue weighted by molar-refractivity contribution is 5.99. The summed E-state index contributed by atoms with van der Waals surface area (Å²) in [6.45, 7) is 7.67. The van der Waals surface area contributed by atoms with Crippen molar-refractivity contribution in [2.45, 2.75) is 37.8 Å². The van der Waals surface area contributed by atoms with Gasteiger partial charge in [0.25, 0.3) is 0 Å². The largest absolute Gasteiger partial charge is 0.459 e. The van der Waals surface area contributed by atoms with Gasteiger partial charge in [-0.05, 0) is 48.4 Å². The molecule has 0 saturated heterocycles. The fourth-order valence-corrected chi connectivity index (χ4v) is 5.55. The molecular weight excluding hydrogens is 404 g/mol. The number of rotatable bonds is 3. The van der Waals surface area contributed by atoms with E-state index in [0.29, 0.717) is 5.92 Å². The van der Waals surface area contributed by atoms with Gasteiger partial charge in [0.1, 0.15) is 11.4 Å². The molecule has 4 aromatic rings. The summed E-state index contributed by atoms with van der Waals surface area (Å²) in [6, 6.07) is 32.0. The summed E-state index contributed by atoms with van der Waals surface area (Å²) in [4.78, 5) is 7.51. The molecule has 1 spiro atoms. The highest BCUT2D eigenvalue weighted by Crippen LogP contribution is 2.55. The number of benzene rings is 4. The Hall–Kier alpha value is -3.59. The lowest BCUT2D eigenvalue weighted by molar-refractivity contribution is 0.0769. The second kappa shape index (κ2) is 7.21. The van der Waals surface area contributed by atoms with Crippen LogP contribution in [0.4, 0.5) is 11.4 Å². The van der Waals surface area contributed by atoms with Crippen molar-refractivity contribution in [3.05, 3.63) is 102 Å². The summed E-state index contributed by atoms with van der Waals surface area (Å²) in [5.74, 6) is 1.18. The van der Waals surface area contributed by atoms with Crippen molar-refractivity contribution in [3.63, 3.8) is 0 Å². The Morgan fingerprint density at radius 3 is 2.42 bits per heavy atom. The molecule has 6 rings (SSSR count). The van der Waals surface area contributed by atoms with Gasteiger partial charge in [0, 0.05) is 17.6 Å². The maximum Gasteiger partial charge on any atom is 0.228 e. The van der Waals surface area contributed by atoms with E-state index in [9.17, 15) is 0 Å². The SMILES string of the molecule is CC(CN1c2ccccc2C(C)(C)C12C=Nc1c(ccc3ccccc13)O2)c1ccccc1.